The molecule has 1 atom stereocenters. The maximum atomic E-state index is 11.4. The number of benzene rings is 1. The number of hydrogen-bond acceptors (Lipinski definition) is 5. The van der Waals surface area contributed by atoms with E-state index in [-0.39, 0.29) is 5.91 Å². The largest absolute Gasteiger partial charge is 0.378 e. The molecule has 6 heteroatoms. The lowest BCUT2D eigenvalue weighted by atomic mass is 10.1. The number of aryl methyl sites for hydroxylation is 1. The van der Waals surface area contributed by atoms with E-state index >= 15 is 0 Å². The zero-order valence-electron chi connectivity index (χ0n) is 11.3. The lowest BCUT2D eigenvalue weighted by Gasteiger charge is -2.19. The van der Waals surface area contributed by atoms with Gasteiger partial charge in [-0.3, -0.25) is 4.79 Å². The third-order valence-electron chi connectivity index (χ3n) is 3.34. The zero-order valence-corrected chi connectivity index (χ0v) is 12.1. The standard InChI is InChI=1S/C14H15N3O2S/c1-8-15-9(7-20-8)6-17(2)10-3-4-11-12(5-10)16-14(19)13(11)18/h3-5,7,13,18H,6H2,1-2H3,(H,16,19). The molecule has 0 bridgehead atoms. The first kappa shape index (κ1) is 13.1. The fraction of sp³-hybridized carbons (Fsp3) is 0.286. The highest BCUT2D eigenvalue weighted by molar-refractivity contribution is 7.09. The molecule has 0 radical (unpaired) electrons. The van der Waals surface area contributed by atoms with Crippen molar-refractivity contribution in [2.45, 2.75) is 19.6 Å². The van der Waals surface area contributed by atoms with E-state index in [2.05, 4.69) is 15.2 Å². The van der Waals surface area contributed by atoms with Gasteiger partial charge in [0.1, 0.15) is 0 Å². The minimum Gasteiger partial charge on any atom is -0.378 e. The molecule has 0 saturated heterocycles. The second kappa shape index (κ2) is 4.88. The van der Waals surface area contributed by atoms with E-state index in [9.17, 15) is 9.90 Å². The van der Waals surface area contributed by atoms with Crippen molar-refractivity contribution in [3.8, 4) is 0 Å². The van der Waals surface area contributed by atoms with Crippen LogP contribution in [0.1, 0.15) is 22.4 Å². The number of aliphatic hydroxyl groups excluding tert-OH is 1. The Morgan fingerprint density at radius 1 is 1.50 bits per heavy atom. The summed E-state index contributed by atoms with van der Waals surface area (Å²) in [7, 11) is 1.98. The normalized spacial score (nSPS) is 16.9. The predicted molar refractivity (Wildman–Crippen MR) is 79.0 cm³/mol. The van der Waals surface area contributed by atoms with E-state index in [1.807, 2.05) is 31.5 Å². The van der Waals surface area contributed by atoms with Crippen LogP contribution >= 0.6 is 11.3 Å². The van der Waals surface area contributed by atoms with Gasteiger partial charge in [-0.1, -0.05) is 6.07 Å². The van der Waals surface area contributed by atoms with Crippen LogP contribution < -0.4 is 10.2 Å². The van der Waals surface area contributed by atoms with Crippen LogP contribution in [-0.2, 0) is 11.3 Å². The Bertz CT molecular complexity index is 668. The van der Waals surface area contributed by atoms with Crippen molar-refractivity contribution in [3.63, 3.8) is 0 Å². The van der Waals surface area contributed by atoms with Gasteiger partial charge in [0, 0.05) is 29.4 Å². The van der Waals surface area contributed by atoms with Gasteiger partial charge < -0.3 is 15.3 Å². The van der Waals surface area contributed by atoms with Gasteiger partial charge >= 0.3 is 0 Å². The number of aliphatic hydroxyl groups is 1. The Morgan fingerprint density at radius 3 is 3.00 bits per heavy atom. The van der Waals surface area contributed by atoms with E-state index in [0.717, 1.165) is 16.4 Å². The summed E-state index contributed by atoms with van der Waals surface area (Å²) in [6, 6.07) is 5.57. The summed E-state index contributed by atoms with van der Waals surface area (Å²) < 4.78 is 0. The number of aromatic nitrogens is 1. The highest BCUT2D eigenvalue weighted by Crippen LogP contribution is 2.33. The Labute approximate surface area is 120 Å². The van der Waals surface area contributed by atoms with Crippen molar-refractivity contribution in [2.75, 3.05) is 17.3 Å². The first-order chi connectivity index (χ1) is 9.54. The quantitative estimate of drug-likeness (QED) is 0.908. The molecule has 2 heterocycles. The Hall–Kier alpha value is -1.92. The van der Waals surface area contributed by atoms with Crippen LogP contribution in [0.25, 0.3) is 0 Å². The van der Waals surface area contributed by atoms with Crippen molar-refractivity contribution in [3.05, 3.63) is 39.8 Å². The molecule has 0 saturated carbocycles. The number of nitrogens with one attached hydrogen (secondary N) is 1. The van der Waals surface area contributed by atoms with Crippen LogP contribution in [0, 0.1) is 6.92 Å². The van der Waals surface area contributed by atoms with Crippen LogP contribution in [0.15, 0.2) is 23.6 Å². The van der Waals surface area contributed by atoms with Gasteiger partial charge in [0.15, 0.2) is 6.10 Å². The number of carbonyl (C=O) groups excluding carboxylic acids is 1. The first-order valence-corrected chi connectivity index (χ1v) is 7.17. The molecular weight excluding hydrogens is 274 g/mol. The lowest BCUT2D eigenvalue weighted by Crippen LogP contribution is -2.16. The Balaban J connectivity index is 1.81. The van der Waals surface area contributed by atoms with Crippen LogP contribution in [-0.4, -0.2) is 23.0 Å². The smallest absolute Gasteiger partial charge is 0.257 e. The molecule has 1 aliphatic rings. The predicted octanol–water partition coefficient (Wildman–Crippen LogP) is 2.07. The molecule has 1 aromatic carbocycles. The molecule has 1 unspecified atom stereocenters. The summed E-state index contributed by atoms with van der Waals surface area (Å²) in [4.78, 5) is 17.9. The van der Waals surface area contributed by atoms with Crippen LogP contribution in [0.5, 0.6) is 0 Å². The topological polar surface area (TPSA) is 65.5 Å². The van der Waals surface area contributed by atoms with Crippen molar-refractivity contribution in [1.82, 2.24) is 4.98 Å². The monoisotopic (exact) mass is 289 g/mol. The van der Waals surface area contributed by atoms with Crippen molar-refractivity contribution < 1.29 is 9.90 Å². The van der Waals surface area contributed by atoms with Gasteiger partial charge in [0.25, 0.3) is 5.91 Å². The first-order valence-electron chi connectivity index (χ1n) is 6.29. The summed E-state index contributed by atoms with van der Waals surface area (Å²) in [5.41, 5.74) is 3.32. The van der Waals surface area contributed by atoms with Gasteiger partial charge in [-0.15, -0.1) is 11.3 Å². The molecule has 2 aromatic rings. The second-order valence-electron chi connectivity index (χ2n) is 4.88. The molecule has 3 rings (SSSR count). The summed E-state index contributed by atoms with van der Waals surface area (Å²) in [5, 5.41) is 15.5. The van der Waals surface area contributed by atoms with Crippen molar-refractivity contribution >= 4 is 28.6 Å². The summed E-state index contributed by atoms with van der Waals surface area (Å²) in [6.45, 7) is 2.69. The van der Waals surface area contributed by atoms with E-state index in [1.165, 1.54) is 0 Å². The van der Waals surface area contributed by atoms with Gasteiger partial charge in [0.2, 0.25) is 0 Å². The number of thiazole rings is 1. The number of nitrogens with zero attached hydrogens (tertiary/aromatic N) is 2. The molecule has 1 amide bonds. The average Bonchev–Trinajstić information content (AvgIpc) is 2.94. The lowest BCUT2D eigenvalue weighted by molar-refractivity contribution is -0.123. The summed E-state index contributed by atoms with van der Waals surface area (Å²) in [6.07, 6.45) is -1.05. The molecule has 0 fully saturated rings. The molecule has 5 nitrogen and oxygen atoms in total. The molecule has 1 aliphatic heterocycles. The number of amides is 1. The van der Waals surface area contributed by atoms with Gasteiger partial charge in [-0.2, -0.15) is 0 Å². The third kappa shape index (κ3) is 2.28. The Morgan fingerprint density at radius 2 is 2.30 bits per heavy atom. The zero-order chi connectivity index (χ0) is 14.3. The number of hydrogen-bond donors (Lipinski definition) is 2. The third-order valence-corrected chi connectivity index (χ3v) is 4.17. The van der Waals surface area contributed by atoms with Crippen LogP contribution in [0.4, 0.5) is 11.4 Å². The number of rotatable bonds is 3. The molecule has 1 aromatic heterocycles. The van der Waals surface area contributed by atoms with Gasteiger partial charge in [0.05, 0.1) is 17.2 Å². The fourth-order valence-corrected chi connectivity index (χ4v) is 2.89. The number of carbonyl (C=O) groups is 1. The van der Waals surface area contributed by atoms with Crippen molar-refractivity contribution in [1.29, 1.82) is 0 Å². The number of anilines is 2. The van der Waals surface area contributed by atoms with Crippen molar-refractivity contribution in [2.24, 2.45) is 0 Å². The molecule has 20 heavy (non-hydrogen) atoms. The van der Waals surface area contributed by atoms with E-state index in [4.69, 9.17) is 0 Å². The fourth-order valence-electron chi connectivity index (χ4n) is 2.29. The van der Waals surface area contributed by atoms with Gasteiger partial charge in [-0.25, -0.2) is 4.98 Å². The van der Waals surface area contributed by atoms with Crippen LogP contribution in [0.2, 0.25) is 0 Å². The van der Waals surface area contributed by atoms with E-state index < -0.39 is 6.10 Å². The van der Waals surface area contributed by atoms with Crippen LogP contribution in [0.3, 0.4) is 0 Å². The minimum atomic E-state index is -1.05. The molecule has 104 valence electrons. The highest BCUT2D eigenvalue weighted by atomic mass is 32.1. The molecule has 2 N–H and O–H groups in total. The highest BCUT2D eigenvalue weighted by Gasteiger charge is 2.28. The Kier molecular flexibility index (Phi) is 3.19. The molecular formula is C14H15N3O2S. The van der Waals surface area contributed by atoms with Gasteiger partial charge in [-0.05, 0) is 19.1 Å². The maximum Gasteiger partial charge on any atom is 0.257 e. The second-order valence-corrected chi connectivity index (χ2v) is 5.94. The average molecular weight is 289 g/mol. The SMILES string of the molecule is Cc1nc(CN(C)c2ccc3c(c2)NC(=O)C3O)cs1. The molecule has 0 spiro atoms. The summed E-state index contributed by atoms with van der Waals surface area (Å²) >= 11 is 1.63. The summed E-state index contributed by atoms with van der Waals surface area (Å²) in [5.74, 6) is -0.366. The number of fused-ring (bicyclic) bond motifs is 1. The minimum absolute atomic E-state index is 0.366. The molecule has 0 aliphatic carbocycles. The van der Waals surface area contributed by atoms with E-state index in [0.29, 0.717) is 17.8 Å². The van der Waals surface area contributed by atoms with E-state index in [1.54, 1.807) is 17.4 Å². The maximum absolute atomic E-state index is 11.4.